The highest BCUT2D eigenvalue weighted by molar-refractivity contribution is 6.00. The zero-order valence-corrected chi connectivity index (χ0v) is 16.1. The van der Waals surface area contributed by atoms with Crippen LogP contribution in [-0.4, -0.2) is 39.1 Å². The van der Waals surface area contributed by atoms with Crippen molar-refractivity contribution >= 4 is 17.5 Å². The minimum absolute atomic E-state index is 0.00371. The van der Waals surface area contributed by atoms with Gasteiger partial charge >= 0.3 is 6.18 Å². The normalized spacial score (nSPS) is 20.3. The highest BCUT2D eigenvalue weighted by Gasteiger charge is 2.35. The summed E-state index contributed by atoms with van der Waals surface area (Å²) in [5.74, 6) is 0.132. The van der Waals surface area contributed by atoms with Crippen LogP contribution < -0.4 is 16.4 Å². The van der Waals surface area contributed by atoms with Gasteiger partial charge in [-0.1, -0.05) is 0 Å². The number of aromatic nitrogens is 4. The van der Waals surface area contributed by atoms with Crippen LogP contribution in [0.2, 0.25) is 0 Å². The number of nitrogens with zero attached hydrogens (tertiary/aromatic N) is 5. The molecule has 156 valence electrons. The highest BCUT2D eigenvalue weighted by atomic mass is 19.4. The number of rotatable bonds is 7. The molecule has 0 aliphatic heterocycles. The Morgan fingerprint density at radius 3 is 2.76 bits per heavy atom. The van der Waals surface area contributed by atoms with E-state index in [4.69, 9.17) is 5.73 Å². The maximum atomic E-state index is 13.0. The lowest BCUT2D eigenvalue weighted by Crippen LogP contribution is -2.29. The van der Waals surface area contributed by atoms with Crippen molar-refractivity contribution in [2.45, 2.75) is 32.0 Å². The van der Waals surface area contributed by atoms with Gasteiger partial charge in [-0.05, 0) is 31.7 Å². The summed E-state index contributed by atoms with van der Waals surface area (Å²) in [5.41, 5.74) is 5.79. The van der Waals surface area contributed by atoms with Gasteiger partial charge in [-0.25, -0.2) is 4.98 Å². The van der Waals surface area contributed by atoms with Crippen LogP contribution in [0.5, 0.6) is 0 Å². The fourth-order valence-corrected chi connectivity index (χ4v) is 3.13. The average Bonchev–Trinajstić information content (AvgIpc) is 3.17. The summed E-state index contributed by atoms with van der Waals surface area (Å²) in [6.45, 7) is 2.41. The van der Waals surface area contributed by atoms with Crippen LogP contribution in [-0.2, 0) is 6.18 Å². The van der Waals surface area contributed by atoms with Gasteiger partial charge in [0.15, 0.2) is 0 Å². The van der Waals surface area contributed by atoms with Crippen LogP contribution in [0, 0.1) is 5.92 Å². The van der Waals surface area contributed by atoms with Crippen LogP contribution in [0.3, 0.4) is 0 Å². The predicted molar refractivity (Wildman–Crippen MR) is 104 cm³/mol. The number of nitrogens with two attached hydrogens (primary N) is 1. The van der Waals surface area contributed by atoms with Crippen LogP contribution in [0.15, 0.2) is 41.5 Å². The Hall–Kier alpha value is -3.11. The van der Waals surface area contributed by atoms with Crippen LogP contribution in [0.1, 0.15) is 31.4 Å². The van der Waals surface area contributed by atoms with Gasteiger partial charge in [0.05, 0.1) is 17.5 Å². The molecule has 4 N–H and O–H groups in total. The maximum Gasteiger partial charge on any atom is 0.421 e. The zero-order valence-electron chi connectivity index (χ0n) is 16.1. The van der Waals surface area contributed by atoms with E-state index in [1.807, 2.05) is 16.9 Å². The van der Waals surface area contributed by atoms with Gasteiger partial charge in [-0.15, -0.1) is 0 Å². The smallest absolute Gasteiger partial charge is 0.403 e. The highest BCUT2D eigenvalue weighted by Crippen LogP contribution is 2.37. The van der Waals surface area contributed by atoms with E-state index in [0.29, 0.717) is 29.9 Å². The van der Waals surface area contributed by atoms with Crippen molar-refractivity contribution in [2.75, 3.05) is 24.2 Å². The van der Waals surface area contributed by atoms with Crippen LogP contribution in [0.4, 0.5) is 24.9 Å². The lowest BCUT2D eigenvalue weighted by Gasteiger charge is -2.34. The lowest BCUT2D eigenvalue weighted by molar-refractivity contribution is -0.137. The van der Waals surface area contributed by atoms with Gasteiger partial charge in [-0.2, -0.15) is 23.3 Å². The molecule has 8 nitrogen and oxygen atoms in total. The molecule has 1 aliphatic carbocycles. The molecule has 3 rings (SSSR count). The molecule has 1 fully saturated rings. The summed E-state index contributed by atoms with van der Waals surface area (Å²) in [4.78, 5) is 12.2. The molecule has 29 heavy (non-hydrogen) atoms. The van der Waals surface area contributed by atoms with Gasteiger partial charge < -0.3 is 16.4 Å². The molecule has 0 amide bonds. The van der Waals surface area contributed by atoms with Crippen molar-refractivity contribution in [3.05, 3.63) is 42.1 Å². The van der Waals surface area contributed by atoms with E-state index in [1.54, 1.807) is 13.1 Å². The van der Waals surface area contributed by atoms with Crippen LogP contribution >= 0.6 is 0 Å². The number of anilines is 2. The SMILES string of the molecule is CNc1nc(NC(=C/N)/C(C)=N\C[C@H]2C[C@H](n3cccn3)C2)ncc1C(F)(F)F. The Labute approximate surface area is 166 Å². The maximum absolute atomic E-state index is 13.0. The molecular formula is C18H23F3N8. The summed E-state index contributed by atoms with van der Waals surface area (Å²) in [6, 6.07) is 2.32. The third kappa shape index (κ3) is 4.84. The third-order valence-corrected chi connectivity index (χ3v) is 4.83. The average molecular weight is 408 g/mol. The third-order valence-electron chi connectivity index (χ3n) is 4.83. The molecular weight excluding hydrogens is 385 g/mol. The standard InChI is InChI=1S/C18H23F3N8/c1-11(24-9-12-6-13(7-12)29-5-3-4-26-29)15(8-22)27-17-25-10-14(18(19,20)21)16(23-2)28-17/h3-5,8,10,12-13H,6-7,9,22H2,1-2H3,(H2,23,25,27,28)/b15-8+,24-11-/t12-,13-. The summed E-state index contributed by atoms with van der Waals surface area (Å²) >= 11 is 0. The molecule has 2 aromatic rings. The molecule has 2 aromatic heterocycles. The van der Waals surface area contributed by atoms with Crippen molar-refractivity contribution in [3.8, 4) is 0 Å². The van der Waals surface area contributed by atoms with Gasteiger partial charge in [0, 0.05) is 38.4 Å². The van der Waals surface area contributed by atoms with Gasteiger partial charge in [0.25, 0.3) is 0 Å². The van der Waals surface area contributed by atoms with Crippen LogP contribution in [0.25, 0.3) is 0 Å². The van der Waals surface area contributed by atoms with Crippen molar-refractivity contribution in [3.63, 3.8) is 0 Å². The first kappa shape index (κ1) is 20.6. The van der Waals surface area contributed by atoms with Crippen molar-refractivity contribution in [2.24, 2.45) is 16.6 Å². The second-order valence-electron chi connectivity index (χ2n) is 6.81. The Kier molecular flexibility index (Phi) is 6.04. The molecule has 0 unspecified atom stereocenters. The summed E-state index contributed by atoms with van der Waals surface area (Å²) < 4.78 is 40.8. The Bertz CT molecular complexity index is 883. The molecule has 0 spiro atoms. The van der Waals surface area contributed by atoms with E-state index in [1.165, 1.54) is 13.2 Å². The van der Waals surface area contributed by atoms with E-state index in [9.17, 15) is 13.2 Å². The van der Waals surface area contributed by atoms with E-state index in [0.717, 1.165) is 19.0 Å². The zero-order chi connectivity index (χ0) is 21.0. The number of hydrogen-bond acceptors (Lipinski definition) is 7. The minimum Gasteiger partial charge on any atom is -0.403 e. The second-order valence-corrected chi connectivity index (χ2v) is 6.81. The number of alkyl halides is 3. The summed E-state index contributed by atoms with van der Waals surface area (Å²) in [7, 11) is 1.36. The fraction of sp³-hybridized carbons (Fsp3) is 0.444. The van der Waals surface area contributed by atoms with E-state index < -0.39 is 11.7 Å². The van der Waals surface area contributed by atoms with E-state index in [-0.39, 0.29) is 11.8 Å². The van der Waals surface area contributed by atoms with Crippen molar-refractivity contribution in [1.29, 1.82) is 0 Å². The second kappa shape index (κ2) is 8.50. The van der Waals surface area contributed by atoms with Gasteiger partial charge in [0.2, 0.25) is 5.95 Å². The van der Waals surface area contributed by atoms with E-state index >= 15 is 0 Å². The topological polar surface area (TPSA) is 106 Å². The summed E-state index contributed by atoms with van der Waals surface area (Å²) in [6.07, 6.45) is 3.21. The Morgan fingerprint density at radius 2 is 2.17 bits per heavy atom. The first-order valence-electron chi connectivity index (χ1n) is 9.13. The quantitative estimate of drug-likeness (QED) is 0.608. The molecule has 2 heterocycles. The van der Waals surface area contributed by atoms with Crippen molar-refractivity contribution in [1.82, 2.24) is 19.7 Å². The minimum atomic E-state index is -4.54. The number of allylic oxidation sites excluding steroid dienone is 1. The molecule has 0 radical (unpaired) electrons. The monoisotopic (exact) mass is 408 g/mol. The molecule has 1 saturated carbocycles. The van der Waals surface area contributed by atoms with Gasteiger partial charge in [-0.3, -0.25) is 9.67 Å². The Morgan fingerprint density at radius 1 is 1.41 bits per heavy atom. The largest absolute Gasteiger partial charge is 0.421 e. The van der Waals surface area contributed by atoms with Crippen molar-refractivity contribution < 1.29 is 13.2 Å². The molecule has 0 saturated heterocycles. The number of nitrogens with one attached hydrogen (secondary N) is 2. The number of hydrogen-bond donors (Lipinski definition) is 3. The fourth-order valence-electron chi connectivity index (χ4n) is 3.13. The summed E-state index contributed by atoms with van der Waals surface area (Å²) in [5, 5.41) is 9.52. The predicted octanol–water partition coefficient (Wildman–Crippen LogP) is 3.06. The molecule has 11 heteroatoms. The molecule has 0 bridgehead atoms. The Balaban J connectivity index is 1.60. The first-order valence-corrected chi connectivity index (χ1v) is 9.13. The number of aliphatic imine (C=N–C) groups is 1. The lowest BCUT2D eigenvalue weighted by atomic mass is 9.80. The number of halogens is 3. The van der Waals surface area contributed by atoms with Gasteiger partial charge in [0.1, 0.15) is 11.4 Å². The first-order chi connectivity index (χ1) is 13.8. The molecule has 1 aliphatic rings. The molecule has 0 aromatic carbocycles. The van der Waals surface area contributed by atoms with E-state index in [2.05, 4.69) is 30.7 Å². The molecule has 0 atom stereocenters.